The molecule has 0 aliphatic heterocycles. The molecule has 0 fully saturated rings. The van der Waals surface area contributed by atoms with Crippen LogP contribution in [0.15, 0.2) is 12.4 Å². The molecule has 0 saturated carbocycles. The highest BCUT2D eigenvalue weighted by atomic mass is 32.2. The van der Waals surface area contributed by atoms with Crippen molar-refractivity contribution < 1.29 is 4.74 Å². The van der Waals surface area contributed by atoms with E-state index >= 15 is 0 Å². The van der Waals surface area contributed by atoms with Crippen molar-refractivity contribution in [2.45, 2.75) is 59.6 Å². The number of unbranched alkanes of at least 4 members (excludes halogenated alkanes) is 2. The Hall–Kier alpha value is -1.07. The lowest BCUT2D eigenvalue weighted by Crippen LogP contribution is -2.07. The molecule has 4 nitrogen and oxygen atoms in total. The Kier molecular flexibility index (Phi) is 7.89. The van der Waals surface area contributed by atoms with Gasteiger partial charge in [0, 0.05) is 19.3 Å². The summed E-state index contributed by atoms with van der Waals surface area (Å²) in [6.07, 6.45) is 8.85. The van der Waals surface area contributed by atoms with Crippen molar-refractivity contribution in [3.8, 4) is 0 Å². The van der Waals surface area contributed by atoms with E-state index in [0.717, 1.165) is 17.9 Å². The summed E-state index contributed by atoms with van der Waals surface area (Å²) in [4.78, 5) is 8.99. The molecule has 0 aromatic carbocycles. The third-order valence-corrected chi connectivity index (χ3v) is 5.06. The lowest BCUT2D eigenvalue weighted by Gasteiger charge is -2.10. The average molecular weight is 336 g/mol. The van der Waals surface area contributed by atoms with Crippen molar-refractivity contribution >= 4 is 22.8 Å². The number of aryl methyl sites for hydroxylation is 2. The van der Waals surface area contributed by atoms with Crippen LogP contribution >= 0.6 is 11.8 Å². The number of rotatable bonds is 11. The molecule has 5 heteroatoms. The first kappa shape index (κ1) is 18.3. The molecular formula is C18H29N3OS. The number of hydrogen-bond acceptors (Lipinski definition) is 4. The maximum Gasteiger partial charge on any atom is 0.136 e. The summed E-state index contributed by atoms with van der Waals surface area (Å²) in [5.41, 5.74) is 3.39. The van der Waals surface area contributed by atoms with Gasteiger partial charge in [-0.25, -0.2) is 4.98 Å². The topological polar surface area (TPSA) is 39.9 Å². The van der Waals surface area contributed by atoms with Gasteiger partial charge in [-0.1, -0.05) is 13.3 Å². The van der Waals surface area contributed by atoms with Crippen LogP contribution in [0.4, 0.5) is 0 Å². The maximum absolute atomic E-state index is 5.59. The van der Waals surface area contributed by atoms with Crippen molar-refractivity contribution in [2.24, 2.45) is 0 Å². The van der Waals surface area contributed by atoms with Crippen LogP contribution in [0.2, 0.25) is 0 Å². The normalized spacial score (nSPS) is 11.4. The van der Waals surface area contributed by atoms with Crippen LogP contribution < -0.4 is 0 Å². The molecule has 128 valence electrons. The molecular weight excluding hydrogens is 306 g/mol. The van der Waals surface area contributed by atoms with Gasteiger partial charge in [-0.2, -0.15) is 11.8 Å². The Morgan fingerprint density at radius 2 is 1.96 bits per heavy atom. The molecule has 0 spiro atoms. The molecule has 2 aromatic rings. The summed E-state index contributed by atoms with van der Waals surface area (Å²) in [5.74, 6) is 3.58. The molecule has 0 aliphatic rings. The summed E-state index contributed by atoms with van der Waals surface area (Å²) in [6, 6.07) is 0. The Morgan fingerprint density at radius 3 is 2.74 bits per heavy atom. The molecule has 23 heavy (non-hydrogen) atoms. The summed E-state index contributed by atoms with van der Waals surface area (Å²) in [5, 5.41) is 0. The van der Waals surface area contributed by atoms with E-state index in [2.05, 4.69) is 35.2 Å². The number of ether oxygens (including phenoxy) is 1. The predicted octanol–water partition coefficient (Wildman–Crippen LogP) is 4.59. The first-order chi connectivity index (χ1) is 11.3. The minimum atomic E-state index is 0.579. The highest BCUT2D eigenvalue weighted by Crippen LogP contribution is 2.20. The Bertz CT molecular complexity index is 597. The lowest BCUT2D eigenvalue weighted by molar-refractivity contribution is 0.126. The summed E-state index contributed by atoms with van der Waals surface area (Å²) in [6.45, 7) is 8.69. The van der Waals surface area contributed by atoms with E-state index in [0.29, 0.717) is 13.2 Å². The fraction of sp³-hybridized carbons (Fsp3) is 0.667. The van der Waals surface area contributed by atoms with E-state index in [1.54, 1.807) is 0 Å². The monoisotopic (exact) mass is 335 g/mol. The summed E-state index contributed by atoms with van der Waals surface area (Å²) in [7, 11) is 0. The first-order valence-electron chi connectivity index (χ1n) is 8.73. The Balaban J connectivity index is 1.99. The average Bonchev–Trinajstić information content (AvgIpc) is 2.91. The molecule has 0 amide bonds. The van der Waals surface area contributed by atoms with Gasteiger partial charge in [0.25, 0.3) is 0 Å². The minimum Gasteiger partial charge on any atom is -0.374 e. The fourth-order valence-electron chi connectivity index (χ4n) is 2.67. The minimum absolute atomic E-state index is 0.579. The number of imidazole rings is 1. The van der Waals surface area contributed by atoms with E-state index in [4.69, 9.17) is 9.72 Å². The van der Waals surface area contributed by atoms with Crippen LogP contribution in [0.25, 0.3) is 11.0 Å². The van der Waals surface area contributed by atoms with Crippen molar-refractivity contribution in [3.05, 3.63) is 23.8 Å². The SMILES string of the molecule is CCCCSCCCCn1c(COCC)nc2cncc(C)c21. The van der Waals surface area contributed by atoms with Crippen molar-refractivity contribution in [2.75, 3.05) is 18.1 Å². The third kappa shape index (κ3) is 5.21. The Labute approximate surface area is 144 Å². The molecule has 0 unspecified atom stereocenters. The maximum atomic E-state index is 5.59. The van der Waals surface area contributed by atoms with Gasteiger partial charge in [0.15, 0.2) is 0 Å². The standard InChI is InChI=1S/C18H29N3OS/c1-4-6-10-23-11-8-7-9-21-17(14-22-5-2)20-16-13-19-12-15(3)18(16)21/h12-13H,4-11,14H2,1-3H3. The molecule has 2 heterocycles. The second-order valence-electron chi connectivity index (χ2n) is 5.81. The van der Waals surface area contributed by atoms with Gasteiger partial charge in [-0.05, 0) is 50.2 Å². The third-order valence-electron chi connectivity index (χ3n) is 3.91. The molecule has 0 bridgehead atoms. The molecule has 2 aromatic heterocycles. The van der Waals surface area contributed by atoms with Crippen LogP contribution in [0.1, 0.15) is 50.9 Å². The molecule has 0 atom stereocenters. The van der Waals surface area contributed by atoms with Crippen LogP contribution in [0.3, 0.4) is 0 Å². The number of aromatic nitrogens is 3. The lowest BCUT2D eigenvalue weighted by atomic mass is 10.2. The molecule has 2 rings (SSSR count). The van der Waals surface area contributed by atoms with Crippen LogP contribution in [0.5, 0.6) is 0 Å². The smallest absolute Gasteiger partial charge is 0.136 e. The van der Waals surface area contributed by atoms with Crippen LogP contribution in [-0.4, -0.2) is 32.6 Å². The second-order valence-corrected chi connectivity index (χ2v) is 7.04. The summed E-state index contributed by atoms with van der Waals surface area (Å²) >= 11 is 2.08. The zero-order valence-corrected chi connectivity index (χ0v) is 15.5. The van der Waals surface area contributed by atoms with E-state index in [1.165, 1.54) is 48.3 Å². The van der Waals surface area contributed by atoms with Crippen LogP contribution in [-0.2, 0) is 17.9 Å². The molecule has 0 radical (unpaired) electrons. The summed E-state index contributed by atoms with van der Waals surface area (Å²) < 4.78 is 7.93. The largest absolute Gasteiger partial charge is 0.374 e. The number of pyridine rings is 1. The van der Waals surface area contributed by atoms with Gasteiger partial charge in [-0.3, -0.25) is 4.98 Å². The zero-order chi connectivity index (χ0) is 16.5. The zero-order valence-electron chi connectivity index (χ0n) is 14.7. The van der Waals surface area contributed by atoms with Gasteiger partial charge in [0.1, 0.15) is 17.9 Å². The number of hydrogen-bond donors (Lipinski definition) is 0. The first-order valence-corrected chi connectivity index (χ1v) is 9.88. The highest BCUT2D eigenvalue weighted by molar-refractivity contribution is 7.99. The van der Waals surface area contributed by atoms with Gasteiger partial charge in [0.05, 0.1) is 11.7 Å². The van der Waals surface area contributed by atoms with Gasteiger partial charge in [0.2, 0.25) is 0 Å². The van der Waals surface area contributed by atoms with Crippen LogP contribution in [0, 0.1) is 6.92 Å². The van der Waals surface area contributed by atoms with E-state index in [-0.39, 0.29) is 0 Å². The number of thioether (sulfide) groups is 1. The quantitative estimate of drug-likeness (QED) is 0.563. The molecule has 0 saturated heterocycles. The van der Waals surface area contributed by atoms with Gasteiger partial charge in [-0.15, -0.1) is 0 Å². The van der Waals surface area contributed by atoms with E-state index in [1.807, 2.05) is 19.3 Å². The van der Waals surface area contributed by atoms with E-state index in [9.17, 15) is 0 Å². The van der Waals surface area contributed by atoms with E-state index < -0.39 is 0 Å². The number of fused-ring (bicyclic) bond motifs is 1. The van der Waals surface area contributed by atoms with Crippen molar-refractivity contribution in [3.63, 3.8) is 0 Å². The van der Waals surface area contributed by atoms with Gasteiger partial charge >= 0.3 is 0 Å². The van der Waals surface area contributed by atoms with Crippen molar-refractivity contribution in [1.82, 2.24) is 14.5 Å². The predicted molar refractivity (Wildman–Crippen MR) is 99.1 cm³/mol. The van der Waals surface area contributed by atoms with Crippen molar-refractivity contribution in [1.29, 1.82) is 0 Å². The number of nitrogens with zero attached hydrogens (tertiary/aromatic N) is 3. The molecule has 0 aliphatic carbocycles. The fourth-order valence-corrected chi connectivity index (χ4v) is 3.78. The van der Waals surface area contributed by atoms with Gasteiger partial charge < -0.3 is 9.30 Å². The second kappa shape index (κ2) is 9.93. The Morgan fingerprint density at radius 1 is 1.13 bits per heavy atom. The highest BCUT2D eigenvalue weighted by Gasteiger charge is 2.12. The molecule has 0 N–H and O–H groups in total.